The predicted octanol–water partition coefficient (Wildman–Crippen LogP) is 3.57. The van der Waals surface area contributed by atoms with Crippen LogP contribution in [0.2, 0.25) is 5.28 Å². The van der Waals surface area contributed by atoms with Crippen molar-refractivity contribution in [3.05, 3.63) is 11.6 Å². The summed E-state index contributed by atoms with van der Waals surface area (Å²) in [6.45, 7) is 6.57. The summed E-state index contributed by atoms with van der Waals surface area (Å²) in [4.78, 5) is 36.0. The number of halogens is 2. The lowest BCUT2D eigenvalue weighted by Crippen LogP contribution is -2.38. The molecule has 188 valence electrons. The lowest BCUT2D eigenvalue weighted by atomic mass is 10.1. The standard InChI is InChI=1S/C20H27ClFN5O7/c1-5-6-7-30-18(28)31-8-10-13(33-19(29)34-20(2,3)4)11(22)16(32-10)27-9-24-12-14(23)25-17(21)26-15(12)27/h9-11,13,16H,5-8H2,1-4H3,(H2,23,25,26)/t10-,11+,13-,16-/m1/s1. The number of unbranched alkanes of at least 4 members (excludes halogenated alkanes) is 1. The van der Waals surface area contributed by atoms with Crippen LogP contribution in [0.4, 0.5) is 19.8 Å². The van der Waals surface area contributed by atoms with Crippen molar-refractivity contribution < 1.29 is 37.7 Å². The molecule has 2 N–H and O–H groups in total. The van der Waals surface area contributed by atoms with E-state index in [1.54, 1.807) is 20.8 Å². The first-order valence-electron chi connectivity index (χ1n) is 10.6. The number of rotatable bonds is 7. The van der Waals surface area contributed by atoms with Gasteiger partial charge in [-0.25, -0.2) is 19.0 Å². The number of alkyl halides is 1. The van der Waals surface area contributed by atoms with E-state index in [1.807, 2.05) is 6.92 Å². The monoisotopic (exact) mass is 503 g/mol. The average Bonchev–Trinajstić information content (AvgIpc) is 3.27. The number of ether oxygens (including phenoxy) is 5. The number of imidazole rings is 1. The minimum Gasteiger partial charge on any atom is -0.434 e. The third kappa shape index (κ3) is 6.14. The SMILES string of the molecule is CCCCOC(=O)OC[C@H]1O[C@@H](n2cnc3c(N)nc(Cl)nc32)[C@@H](F)[C@@H]1OC(=O)OC(C)(C)C. The van der Waals surface area contributed by atoms with Crippen molar-refractivity contribution in [1.82, 2.24) is 19.5 Å². The smallest absolute Gasteiger partial charge is 0.434 e. The molecule has 34 heavy (non-hydrogen) atoms. The van der Waals surface area contributed by atoms with Gasteiger partial charge in [-0.15, -0.1) is 0 Å². The molecule has 1 saturated heterocycles. The number of carbonyl (C=O) groups excluding carboxylic acids is 2. The predicted molar refractivity (Wildman–Crippen MR) is 117 cm³/mol. The summed E-state index contributed by atoms with van der Waals surface area (Å²) in [5.74, 6) is -0.00146. The Hall–Kier alpha value is -2.93. The number of anilines is 1. The third-order valence-corrected chi connectivity index (χ3v) is 4.84. The van der Waals surface area contributed by atoms with E-state index in [0.717, 1.165) is 6.42 Å². The first-order chi connectivity index (χ1) is 16.0. The molecule has 1 aliphatic rings. The molecule has 0 spiro atoms. The Bertz CT molecular complexity index is 1030. The topological polar surface area (TPSA) is 150 Å². The van der Waals surface area contributed by atoms with Gasteiger partial charge in [-0.3, -0.25) is 4.57 Å². The minimum absolute atomic E-state index is 0.00146. The van der Waals surface area contributed by atoms with Crippen molar-refractivity contribution in [3.8, 4) is 0 Å². The summed E-state index contributed by atoms with van der Waals surface area (Å²) in [6, 6.07) is 0. The van der Waals surface area contributed by atoms with Gasteiger partial charge in [-0.1, -0.05) is 13.3 Å². The molecule has 0 aromatic carbocycles. The van der Waals surface area contributed by atoms with Crippen molar-refractivity contribution in [2.75, 3.05) is 18.9 Å². The number of nitrogen functional groups attached to an aromatic ring is 1. The fourth-order valence-electron chi connectivity index (χ4n) is 3.17. The largest absolute Gasteiger partial charge is 0.509 e. The zero-order chi connectivity index (χ0) is 25.0. The summed E-state index contributed by atoms with van der Waals surface area (Å²) in [7, 11) is 0. The van der Waals surface area contributed by atoms with Gasteiger partial charge < -0.3 is 29.4 Å². The highest BCUT2D eigenvalue weighted by Gasteiger charge is 2.50. The molecule has 3 heterocycles. The van der Waals surface area contributed by atoms with Gasteiger partial charge in [-0.05, 0) is 38.8 Å². The van der Waals surface area contributed by atoms with E-state index in [2.05, 4.69) is 15.0 Å². The molecular formula is C20H27ClFN5O7. The molecule has 0 radical (unpaired) electrons. The number of nitrogens with two attached hydrogens (primary N) is 1. The molecule has 0 saturated carbocycles. The van der Waals surface area contributed by atoms with Crippen molar-refractivity contribution in [1.29, 1.82) is 0 Å². The fourth-order valence-corrected chi connectivity index (χ4v) is 3.34. The van der Waals surface area contributed by atoms with Gasteiger partial charge in [0.05, 0.1) is 12.9 Å². The zero-order valence-corrected chi connectivity index (χ0v) is 20.0. The highest BCUT2D eigenvalue weighted by atomic mass is 35.5. The third-order valence-electron chi connectivity index (χ3n) is 4.67. The highest BCUT2D eigenvalue weighted by Crippen LogP contribution is 2.36. The van der Waals surface area contributed by atoms with Crippen LogP contribution in [0.15, 0.2) is 6.33 Å². The van der Waals surface area contributed by atoms with E-state index in [1.165, 1.54) is 10.9 Å². The van der Waals surface area contributed by atoms with E-state index in [4.69, 9.17) is 41.0 Å². The molecule has 14 heteroatoms. The fraction of sp³-hybridized carbons (Fsp3) is 0.650. The molecule has 0 amide bonds. The van der Waals surface area contributed by atoms with E-state index in [9.17, 15) is 9.59 Å². The summed E-state index contributed by atoms with van der Waals surface area (Å²) >= 11 is 5.89. The molecule has 0 unspecified atom stereocenters. The molecule has 2 aromatic heterocycles. The highest BCUT2D eigenvalue weighted by molar-refractivity contribution is 6.28. The van der Waals surface area contributed by atoms with Crippen LogP contribution in [0, 0.1) is 0 Å². The van der Waals surface area contributed by atoms with Gasteiger partial charge in [0.15, 0.2) is 30.0 Å². The van der Waals surface area contributed by atoms with Crippen LogP contribution in [-0.2, 0) is 23.7 Å². The summed E-state index contributed by atoms with van der Waals surface area (Å²) < 4.78 is 42.9. The Balaban J connectivity index is 1.81. The number of nitrogens with zero attached hydrogens (tertiary/aromatic N) is 4. The van der Waals surface area contributed by atoms with Crippen LogP contribution in [0.3, 0.4) is 0 Å². The normalized spacial score (nSPS) is 22.5. The van der Waals surface area contributed by atoms with Crippen molar-refractivity contribution in [3.63, 3.8) is 0 Å². The van der Waals surface area contributed by atoms with Crippen molar-refractivity contribution >= 4 is 40.9 Å². The molecule has 3 rings (SSSR count). The van der Waals surface area contributed by atoms with Gasteiger partial charge >= 0.3 is 12.3 Å². The molecule has 2 aromatic rings. The number of carbonyl (C=O) groups is 2. The molecule has 12 nitrogen and oxygen atoms in total. The second kappa shape index (κ2) is 10.6. The lowest BCUT2D eigenvalue weighted by Gasteiger charge is -2.23. The van der Waals surface area contributed by atoms with E-state index < -0.39 is 49.1 Å². The Morgan fingerprint density at radius 1 is 1.26 bits per heavy atom. The second-order valence-corrected chi connectivity index (χ2v) is 8.86. The first-order valence-corrected chi connectivity index (χ1v) is 11.0. The molecule has 1 fully saturated rings. The second-order valence-electron chi connectivity index (χ2n) is 8.52. The number of fused-ring (bicyclic) bond motifs is 1. The maximum absolute atomic E-state index is 15.6. The van der Waals surface area contributed by atoms with Crippen LogP contribution in [-0.4, -0.2) is 69.0 Å². The van der Waals surface area contributed by atoms with Crippen LogP contribution in [0.25, 0.3) is 11.2 Å². The number of hydrogen-bond donors (Lipinski definition) is 1. The Labute approximate surface area is 199 Å². The molecular weight excluding hydrogens is 477 g/mol. The van der Waals surface area contributed by atoms with Crippen molar-refractivity contribution in [2.24, 2.45) is 0 Å². The molecule has 0 bridgehead atoms. The van der Waals surface area contributed by atoms with Gasteiger partial charge in [-0.2, -0.15) is 9.97 Å². The Morgan fingerprint density at radius 2 is 2.00 bits per heavy atom. The van der Waals surface area contributed by atoms with Gasteiger partial charge in [0.25, 0.3) is 0 Å². The molecule has 0 aliphatic carbocycles. The first kappa shape index (κ1) is 25.7. The summed E-state index contributed by atoms with van der Waals surface area (Å²) in [6.07, 6.45) is -5.25. The number of aromatic nitrogens is 4. The van der Waals surface area contributed by atoms with E-state index in [-0.39, 0.29) is 28.9 Å². The van der Waals surface area contributed by atoms with Gasteiger partial charge in [0, 0.05) is 0 Å². The number of hydrogen-bond acceptors (Lipinski definition) is 11. The Morgan fingerprint density at radius 3 is 2.68 bits per heavy atom. The summed E-state index contributed by atoms with van der Waals surface area (Å²) in [5, 5.41) is -0.170. The van der Waals surface area contributed by atoms with E-state index in [0.29, 0.717) is 6.42 Å². The van der Waals surface area contributed by atoms with Crippen LogP contribution >= 0.6 is 11.6 Å². The maximum atomic E-state index is 15.6. The van der Waals surface area contributed by atoms with Crippen LogP contribution in [0.1, 0.15) is 46.8 Å². The van der Waals surface area contributed by atoms with Gasteiger partial charge in [0.2, 0.25) is 5.28 Å². The molecule has 1 aliphatic heterocycles. The zero-order valence-electron chi connectivity index (χ0n) is 19.2. The van der Waals surface area contributed by atoms with Crippen LogP contribution in [0.5, 0.6) is 0 Å². The van der Waals surface area contributed by atoms with Crippen molar-refractivity contribution in [2.45, 2.75) is 70.7 Å². The average molecular weight is 504 g/mol. The van der Waals surface area contributed by atoms with E-state index >= 15 is 4.39 Å². The van der Waals surface area contributed by atoms with Crippen LogP contribution < -0.4 is 5.73 Å². The summed E-state index contributed by atoms with van der Waals surface area (Å²) in [5.41, 5.74) is 5.24. The molecule has 4 atom stereocenters. The Kier molecular flexibility index (Phi) is 7.97. The lowest BCUT2D eigenvalue weighted by molar-refractivity contribution is -0.0752. The quantitative estimate of drug-likeness (QED) is 0.335. The maximum Gasteiger partial charge on any atom is 0.509 e. The minimum atomic E-state index is -1.91. The van der Waals surface area contributed by atoms with Gasteiger partial charge in [0.1, 0.15) is 23.8 Å².